The van der Waals surface area contributed by atoms with Gasteiger partial charge in [0.2, 0.25) is 4.96 Å². The normalized spacial score (nSPS) is 12.8. The van der Waals surface area contributed by atoms with E-state index in [9.17, 15) is 9.59 Å². The van der Waals surface area contributed by atoms with Crippen LogP contribution in [0, 0.1) is 0 Å². The number of aliphatic carboxylic acids is 1. The fraction of sp³-hybridized carbons (Fsp3) is 0.333. The van der Waals surface area contributed by atoms with Gasteiger partial charge < -0.3 is 5.11 Å². The van der Waals surface area contributed by atoms with E-state index in [0.717, 1.165) is 0 Å². The minimum absolute atomic E-state index is 0.233. The van der Waals surface area contributed by atoms with E-state index in [4.69, 9.17) is 5.11 Å². The maximum absolute atomic E-state index is 11.6. The standard InChI is InChI=1S/C9H10N4O3S/c1-5(8(15)16)10-3-6-2-7(14)13-9(12-6)17-4-11-13/h2,4-5,10H,3H2,1H3,(H,15,16)/t5-/m1/s1. The Kier molecular flexibility index (Phi) is 3.16. The number of nitrogens with zero attached hydrogens (tertiary/aromatic N) is 3. The van der Waals surface area contributed by atoms with Crippen molar-refractivity contribution in [2.24, 2.45) is 0 Å². The van der Waals surface area contributed by atoms with E-state index in [0.29, 0.717) is 10.7 Å². The number of aromatic nitrogens is 3. The summed E-state index contributed by atoms with van der Waals surface area (Å²) in [6.07, 6.45) is 0. The summed E-state index contributed by atoms with van der Waals surface area (Å²) in [5.41, 5.74) is 1.77. The average molecular weight is 254 g/mol. The number of fused-ring (bicyclic) bond motifs is 1. The van der Waals surface area contributed by atoms with Crippen molar-refractivity contribution >= 4 is 22.3 Å². The van der Waals surface area contributed by atoms with Crippen LogP contribution >= 0.6 is 11.3 Å². The molecule has 0 saturated carbocycles. The Morgan fingerprint density at radius 2 is 2.47 bits per heavy atom. The minimum Gasteiger partial charge on any atom is -0.480 e. The highest BCUT2D eigenvalue weighted by atomic mass is 32.1. The number of rotatable bonds is 4. The van der Waals surface area contributed by atoms with Crippen LogP contribution in [-0.2, 0) is 11.3 Å². The van der Waals surface area contributed by atoms with Crippen LogP contribution in [0.15, 0.2) is 16.4 Å². The number of hydrogen-bond acceptors (Lipinski definition) is 6. The second-order valence-corrected chi connectivity index (χ2v) is 4.27. The van der Waals surface area contributed by atoms with Crippen molar-refractivity contribution in [3.63, 3.8) is 0 Å². The van der Waals surface area contributed by atoms with Gasteiger partial charge in [-0.3, -0.25) is 14.9 Å². The van der Waals surface area contributed by atoms with Crippen LogP contribution in [0.25, 0.3) is 4.96 Å². The molecule has 17 heavy (non-hydrogen) atoms. The monoisotopic (exact) mass is 254 g/mol. The zero-order chi connectivity index (χ0) is 12.4. The van der Waals surface area contributed by atoms with Gasteiger partial charge >= 0.3 is 5.97 Å². The highest BCUT2D eigenvalue weighted by Crippen LogP contribution is 2.03. The zero-order valence-electron chi connectivity index (χ0n) is 8.95. The Morgan fingerprint density at radius 1 is 1.71 bits per heavy atom. The number of carbonyl (C=O) groups is 1. The van der Waals surface area contributed by atoms with Crippen molar-refractivity contribution in [3.05, 3.63) is 27.6 Å². The summed E-state index contributed by atoms with van der Waals surface area (Å²) in [4.78, 5) is 26.9. The summed E-state index contributed by atoms with van der Waals surface area (Å²) in [6, 6.07) is 0.658. The first kappa shape index (κ1) is 11.7. The molecule has 2 heterocycles. The van der Waals surface area contributed by atoms with E-state index in [-0.39, 0.29) is 12.1 Å². The molecule has 7 nitrogen and oxygen atoms in total. The van der Waals surface area contributed by atoms with Crippen molar-refractivity contribution in [2.45, 2.75) is 19.5 Å². The fourth-order valence-electron chi connectivity index (χ4n) is 1.24. The Balaban J connectivity index is 2.19. The van der Waals surface area contributed by atoms with E-state index in [2.05, 4.69) is 15.4 Å². The number of carboxylic acid groups (broad SMARTS) is 1. The largest absolute Gasteiger partial charge is 0.480 e. The fourth-order valence-corrected chi connectivity index (χ4v) is 1.88. The molecule has 2 rings (SSSR count). The third-order valence-electron chi connectivity index (χ3n) is 2.20. The van der Waals surface area contributed by atoms with E-state index >= 15 is 0 Å². The molecule has 0 spiro atoms. The lowest BCUT2D eigenvalue weighted by Crippen LogP contribution is -2.33. The van der Waals surface area contributed by atoms with Gasteiger partial charge in [-0.2, -0.15) is 9.61 Å². The van der Waals surface area contributed by atoms with Gasteiger partial charge in [-0.15, -0.1) is 0 Å². The first-order chi connectivity index (χ1) is 8.08. The SMILES string of the molecule is C[C@@H](NCc1cc(=O)n2ncsc2n1)C(=O)O. The number of nitrogens with one attached hydrogen (secondary N) is 1. The van der Waals surface area contributed by atoms with Crippen LogP contribution < -0.4 is 10.9 Å². The average Bonchev–Trinajstić information content (AvgIpc) is 2.74. The van der Waals surface area contributed by atoms with Gasteiger partial charge in [-0.1, -0.05) is 11.3 Å². The van der Waals surface area contributed by atoms with Crippen LogP contribution in [0.1, 0.15) is 12.6 Å². The van der Waals surface area contributed by atoms with Gasteiger partial charge in [0.25, 0.3) is 5.56 Å². The Labute approximate surface area is 99.7 Å². The molecule has 0 unspecified atom stereocenters. The summed E-state index contributed by atoms with van der Waals surface area (Å²) < 4.78 is 1.20. The van der Waals surface area contributed by atoms with Crippen molar-refractivity contribution < 1.29 is 9.90 Å². The van der Waals surface area contributed by atoms with Crippen LogP contribution in [0.5, 0.6) is 0 Å². The maximum Gasteiger partial charge on any atom is 0.320 e. The molecule has 90 valence electrons. The van der Waals surface area contributed by atoms with Gasteiger partial charge in [0.15, 0.2) is 0 Å². The predicted octanol–water partition coefficient (Wildman–Crippen LogP) is -0.286. The molecule has 0 radical (unpaired) electrons. The van der Waals surface area contributed by atoms with E-state index in [1.165, 1.54) is 34.4 Å². The summed E-state index contributed by atoms with van der Waals surface area (Å²) >= 11 is 1.25. The predicted molar refractivity (Wildman–Crippen MR) is 61.1 cm³/mol. The van der Waals surface area contributed by atoms with Crippen molar-refractivity contribution in [3.8, 4) is 0 Å². The lowest BCUT2D eigenvalue weighted by molar-refractivity contribution is -0.139. The first-order valence-electron chi connectivity index (χ1n) is 4.86. The molecule has 8 heteroatoms. The molecule has 1 atom stereocenters. The van der Waals surface area contributed by atoms with Crippen LogP contribution in [0.4, 0.5) is 0 Å². The second-order valence-electron chi connectivity index (χ2n) is 3.46. The third-order valence-corrected chi connectivity index (χ3v) is 2.87. The third kappa shape index (κ3) is 2.48. The second kappa shape index (κ2) is 4.60. The summed E-state index contributed by atoms with van der Waals surface area (Å²) in [6.45, 7) is 1.76. The highest BCUT2D eigenvalue weighted by Gasteiger charge is 2.11. The molecule has 0 fully saturated rings. The molecule has 0 aliphatic rings. The molecule has 2 N–H and O–H groups in total. The van der Waals surface area contributed by atoms with E-state index in [1.54, 1.807) is 0 Å². The number of carboxylic acids is 1. The smallest absolute Gasteiger partial charge is 0.320 e. The summed E-state index contributed by atoms with van der Waals surface area (Å²) in [5, 5.41) is 15.3. The van der Waals surface area contributed by atoms with Crippen molar-refractivity contribution in [1.29, 1.82) is 0 Å². The number of hydrogen-bond donors (Lipinski definition) is 2. The quantitative estimate of drug-likeness (QED) is 0.778. The maximum atomic E-state index is 11.6. The molecule has 0 aromatic carbocycles. The Bertz CT molecular complexity index is 606. The molecule has 0 amide bonds. The van der Waals surface area contributed by atoms with Crippen molar-refractivity contribution in [1.82, 2.24) is 19.9 Å². The molecule has 0 aliphatic heterocycles. The Hall–Kier alpha value is -1.80. The van der Waals surface area contributed by atoms with Crippen LogP contribution in [0.3, 0.4) is 0 Å². The minimum atomic E-state index is -0.944. The van der Waals surface area contributed by atoms with E-state index in [1.807, 2.05) is 0 Å². The summed E-state index contributed by atoms with van der Waals surface area (Å²) in [7, 11) is 0. The molecule has 0 bridgehead atoms. The van der Waals surface area contributed by atoms with Gasteiger partial charge in [-0.25, -0.2) is 4.98 Å². The topological polar surface area (TPSA) is 96.6 Å². The van der Waals surface area contributed by atoms with Crippen LogP contribution in [0.2, 0.25) is 0 Å². The Morgan fingerprint density at radius 3 is 3.18 bits per heavy atom. The lowest BCUT2D eigenvalue weighted by Gasteiger charge is -2.07. The van der Waals surface area contributed by atoms with Gasteiger partial charge in [0, 0.05) is 12.6 Å². The van der Waals surface area contributed by atoms with Gasteiger partial charge in [0.1, 0.15) is 11.6 Å². The lowest BCUT2D eigenvalue weighted by atomic mass is 10.3. The van der Waals surface area contributed by atoms with Crippen molar-refractivity contribution in [2.75, 3.05) is 0 Å². The molecular weight excluding hydrogens is 244 g/mol. The molecule has 2 aromatic heterocycles. The van der Waals surface area contributed by atoms with Gasteiger partial charge in [-0.05, 0) is 6.92 Å². The van der Waals surface area contributed by atoms with E-state index < -0.39 is 12.0 Å². The molecule has 0 saturated heterocycles. The molecule has 0 aliphatic carbocycles. The summed E-state index contributed by atoms with van der Waals surface area (Å²) in [5.74, 6) is -0.944. The first-order valence-corrected chi connectivity index (χ1v) is 5.74. The highest BCUT2D eigenvalue weighted by molar-refractivity contribution is 7.14. The molecule has 2 aromatic rings. The zero-order valence-corrected chi connectivity index (χ0v) is 9.77. The van der Waals surface area contributed by atoms with Crippen LogP contribution in [-0.4, -0.2) is 31.7 Å². The van der Waals surface area contributed by atoms with Gasteiger partial charge in [0.05, 0.1) is 5.69 Å². The molecular formula is C9H10N4O3S.